The second kappa shape index (κ2) is 8.63. The molecule has 2 aromatic rings. The Morgan fingerprint density at radius 1 is 0.920 bits per heavy atom. The Hall–Kier alpha value is -3.15. The molecule has 0 aliphatic rings. The van der Waals surface area contributed by atoms with Gasteiger partial charge in [-0.25, -0.2) is 0 Å². The number of hydrogen-bond acceptors (Lipinski definition) is 3. The van der Waals surface area contributed by atoms with Gasteiger partial charge in [0.1, 0.15) is 6.54 Å². The van der Waals surface area contributed by atoms with Crippen LogP contribution in [0.3, 0.4) is 0 Å². The molecule has 0 aliphatic carbocycles. The summed E-state index contributed by atoms with van der Waals surface area (Å²) >= 11 is 0. The topological polar surface area (TPSA) is 78.5 Å². The summed E-state index contributed by atoms with van der Waals surface area (Å²) in [7, 11) is 0. The van der Waals surface area contributed by atoms with Crippen LogP contribution in [0.25, 0.3) is 0 Å². The molecular weight excluding hydrogens is 318 g/mol. The van der Waals surface area contributed by atoms with Crippen LogP contribution in [-0.4, -0.2) is 24.3 Å². The van der Waals surface area contributed by atoms with Crippen molar-refractivity contribution < 1.29 is 14.4 Å². The van der Waals surface area contributed by atoms with Crippen LogP contribution in [0.1, 0.15) is 19.4 Å². The standard InChI is InChI=1S/C19H21N3O3/c1-14(23)21-17-8-10-18(11-9-17)22(15(2)24)13-19(25)20-12-16-6-4-3-5-7-16/h3-11H,12-13H2,1-2H3,(H,20,25)(H,21,23). The SMILES string of the molecule is CC(=O)Nc1ccc(N(CC(=O)NCc2ccccc2)C(C)=O)cc1. The van der Waals surface area contributed by atoms with Crippen molar-refractivity contribution in [1.29, 1.82) is 0 Å². The van der Waals surface area contributed by atoms with Gasteiger partial charge in [0.15, 0.2) is 0 Å². The number of carbonyl (C=O) groups excluding carboxylic acids is 3. The maximum atomic E-state index is 12.2. The first-order valence-electron chi connectivity index (χ1n) is 7.92. The lowest BCUT2D eigenvalue weighted by molar-refractivity contribution is -0.123. The van der Waals surface area contributed by atoms with Gasteiger partial charge in [-0.05, 0) is 29.8 Å². The van der Waals surface area contributed by atoms with E-state index in [1.165, 1.54) is 18.7 Å². The van der Waals surface area contributed by atoms with E-state index in [2.05, 4.69) is 10.6 Å². The highest BCUT2D eigenvalue weighted by Gasteiger charge is 2.15. The molecule has 0 fully saturated rings. The van der Waals surface area contributed by atoms with Crippen molar-refractivity contribution in [2.45, 2.75) is 20.4 Å². The van der Waals surface area contributed by atoms with E-state index >= 15 is 0 Å². The molecule has 0 spiro atoms. The molecule has 2 rings (SSSR count). The molecule has 0 unspecified atom stereocenters. The molecule has 2 aromatic carbocycles. The summed E-state index contributed by atoms with van der Waals surface area (Å²) in [5.41, 5.74) is 2.22. The molecule has 25 heavy (non-hydrogen) atoms. The van der Waals surface area contributed by atoms with Gasteiger partial charge in [-0.15, -0.1) is 0 Å². The van der Waals surface area contributed by atoms with Crippen LogP contribution in [0.15, 0.2) is 54.6 Å². The van der Waals surface area contributed by atoms with Crippen LogP contribution < -0.4 is 15.5 Å². The highest BCUT2D eigenvalue weighted by Crippen LogP contribution is 2.18. The molecule has 0 radical (unpaired) electrons. The van der Waals surface area contributed by atoms with Crippen LogP contribution in [0, 0.1) is 0 Å². The number of benzene rings is 2. The number of carbonyl (C=O) groups is 3. The molecular formula is C19H21N3O3. The average Bonchev–Trinajstić information content (AvgIpc) is 2.59. The maximum absolute atomic E-state index is 12.2. The normalized spacial score (nSPS) is 10.0. The Labute approximate surface area is 146 Å². The van der Waals surface area contributed by atoms with Gasteiger partial charge in [0.25, 0.3) is 0 Å². The van der Waals surface area contributed by atoms with Gasteiger partial charge in [-0.2, -0.15) is 0 Å². The fourth-order valence-corrected chi connectivity index (χ4v) is 2.31. The predicted molar refractivity (Wildman–Crippen MR) is 97.1 cm³/mol. The van der Waals surface area contributed by atoms with E-state index in [1.807, 2.05) is 30.3 Å². The van der Waals surface area contributed by atoms with Gasteiger partial charge in [0, 0.05) is 31.8 Å². The van der Waals surface area contributed by atoms with Gasteiger partial charge in [0.2, 0.25) is 17.7 Å². The summed E-state index contributed by atoms with van der Waals surface area (Å²) < 4.78 is 0. The number of anilines is 2. The van der Waals surface area contributed by atoms with Crippen molar-refractivity contribution in [2.24, 2.45) is 0 Å². The Balaban J connectivity index is 1.99. The van der Waals surface area contributed by atoms with Crippen molar-refractivity contribution in [3.05, 3.63) is 60.2 Å². The minimum Gasteiger partial charge on any atom is -0.350 e. The zero-order valence-corrected chi connectivity index (χ0v) is 14.3. The van der Waals surface area contributed by atoms with Crippen molar-refractivity contribution in [2.75, 3.05) is 16.8 Å². The largest absolute Gasteiger partial charge is 0.350 e. The maximum Gasteiger partial charge on any atom is 0.240 e. The van der Waals surface area contributed by atoms with E-state index in [9.17, 15) is 14.4 Å². The van der Waals surface area contributed by atoms with Gasteiger partial charge >= 0.3 is 0 Å². The Kier molecular flexibility index (Phi) is 6.28. The summed E-state index contributed by atoms with van der Waals surface area (Å²) in [4.78, 5) is 36.5. The van der Waals surface area contributed by atoms with Crippen LogP contribution in [0.5, 0.6) is 0 Å². The molecule has 130 valence electrons. The summed E-state index contributed by atoms with van der Waals surface area (Å²) in [6.07, 6.45) is 0. The Morgan fingerprint density at radius 2 is 1.56 bits per heavy atom. The Morgan fingerprint density at radius 3 is 2.12 bits per heavy atom. The lowest BCUT2D eigenvalue weighted by atomic mass is 10.2. The van der Waals surface area contributed by atoms with Gasteiger partial charge in [-0.3, -0.25) is 14.4 Å². The third-order valence-corrected chi connectivity index (χ3v) is 3.51. The fraction of sp³-hybridized carbons (Fsp3) is 0.211. The molecule has 3 amide bonds. The molecule has 0 heterocycles. The molecule has 2 N–H and O–H groups in total. The third kappa shape index (κ3) is 5.76. The van der Waals surface area contributed by atoms with E-state index in [-0.39, 0.29) is 24.3 Å². The van der Waals surface area contributed by atoms with Crippen LogP contribution >= 0.6 is 0 Å². The van der Waals surface area contributed by atoms with Crippen LogP contribution in [0.4, 0.5) is 11.4 Å². The second-order valence-corrected chi connectivity index (χ2v) is 5.60. The fourth-order valence-electron chi connectivity index (χ4n) is 2.31. The predicted octanol–water partition coefficient (Wildman–Crippen LogP) is 2.31. The van der Waals surface area contributed by atoms with Crippen molar-refractivity contribution in [3.8, 4) is 0 Å². The molecule has 0 bridgehead atoms. The highest BCUT2D eigenvalue weighted by atomic mass is 16.2. The summed E-state index contributed by atoms with van der Waals surface area (Å²) in [5, 5.41) is 5.46. The van der Waals surface area contributed by atoms with E-state index in [0.717, 1.165) is 5.56 Å². The molecule has 6 nitrogen and oxygen atoms in total. The Bertz CT molecular complexity index is 742. The molecule has 0 atom stereocenters. The van der Waals surface area contributed by atoms with Crippen molar-refractivity contribution in [3.63, 3.8) is 0 Å². The average molecular weight is 339 g/mol. The number of rotatable bonds is 6. The van der Waals surface area contributed by atoms with E-state index < -0.39 is 0 Å². The number of amides is 3. The highest BCUT2D eigenvalue weighted by molar-refractivity contribution is 5.97. The van der Waals surface area contributed by atoms with Crippen molar-refractivity contribution in [1.82, 2.24) is 5.32 Å². The summed E-state index contributed by atoms with van der Waals surface area (Å²) in [6, 6.07) is 16.3. The molecule has 0 saturated carbocycles. The second-order valence-electron chi connectivity index (χ2n) is 5.60. The number of hydrogen-bond donors (Lipinski definition) is 2. The first kappa shape index (κ1) is 18.2. The van der Waals surface area contributed by atoms with Crippen molar-refractivity contribution >= 4 is 29.1 Å². The summed E-state index contributed by atoms with van der Waals surface area (Å²) in [5.74, 6) is -0.649. The number of nitrogens with zero attached hydrogens (tertiary/aromatic N) is 1. The molecule has 0 saturated heterocycles. The van der Waals surface area contributed by atoms with Crippen LogP contribution in [0.2, 0.25) is 0 Å². The van der Waals surface area contributed by atoms with E-state index in [4.69, 9.17) is 0 Å². The zero-order valence-electron chi connectivity index (χ0n) is 14.3. The smallest absolute Gasteiger partial charge is 0.240 e. The van der Waals surface area contributed by atoms with Crippen LogP contribution in [-0.2, 0) is 20.9 Å². The molecule has 6 heteroatoms. The molecule has 0 aliphatic heterocycles. The molecule has 0 aromatic heterocycles. The third-order valence-electron chi connectivity index (χ3n) is 3.51. The van der Waals surface area contributed by atoms with Gasteiger partial charge < -0.3 is 15.5 Å². The lowest BCUT2D eigenvalue weighted by Crippen LogP contribution is -2.39. The van der Waals surface area contributed by atoms with E-state index in [1.54, 1.807) is 24.3 Å². The zero-order chi connectivity index (χ0) is 18.2. The first-order chi connectivity index (χ1) is 12.0. The first-order valence-corrected chi connectivity index (χ1v) is 7.92. The van der Waals surface area contributed by atoms with Gasteiger partial charge in [-0.1, -0.05) is 30.3 Å². The van der Waals surface area contributed by atoms with Gasteiger partial charge in [0.05, 0.1) is 0 Å². The minimum atomic E-state index is -0.245. The van der Waals surface area contributed by atoms with E-state index in [0.29, 0.717) is 17.9 Å². The number of nitrogens with one attached hydrogen (secondary N) is 2. The lowest BCUT2D eigenvalue weighted by Gasteiger charge is -2.21. The quantitative estimate of drug-likeness (QED) is 0.848. The monoisotopic (exact) mass is 339 g/mol. The minimum absolute atomic E-state index is 0.0678. The summed E-state index contributed by atoms with van der Waals surface area (Å²) in [6.45, 7) is 3.17.